The number of nitrogen functional groups attached to an aromatic ring is 1. The molecule has 1 atom stereocenters. The minimum atomic E-state index is -0.769. The van der Waals surface area contributed by atoms with Crippen LogP contribution in [-0.4, -0.2) is 21.1 Å². The van der Waals surface area contributed by atoms with Gasteiger partial charge in [0.1, 0.15) is 0 Å². The first-order chi connectivity index (χ1) is 10.1. The molecule has 5 heteroatoms. The predicted molar refractivity (Wildman–Crippen MR) is 88.6 cm³/mol. The van der Waals surface area contributed by atoms with Crippen LogP contribution in [0.5, 0.6) is 0 Å². The van der Waals surface area contributed by atoms with E-state index in [0.29, 0.717) is 29.5 Å². The van der Waals surface area contributed by atoms with Crippen LogP contribution in [0, 0.1) is 0 Å². The first-order valence-electron chi connectivity index (χ1n) is 7.68. The number of benzene rings is 1. The van der Waals surface area contributed by atoms with Crippen LogP contribution in [0.2, 0.25) is 0 Å². The number of carbonyl (C=O) groups excluding carboxylic acids is 1. The van der Waals surface area contributed by atoms with Gasteiger partial charge in [-0.05, 0) is 43.5 Å². The van der Waals surface area contributed by atoms with Gasteiger partial charge in [0.25, 0.3) is 0 Å². The lowest BCUT2D eigenvalue weighted by atomic mass is 10.0. The van der Waals surface area contributed by atoms with E-state index in [1.807, 2.05) is 0 Å². The molecule has 0 bridgehead atoms. The number of nitrogens with two attached hydrogens (primary N) is 1. The lowest BCUT2D eigenvalue weighted by molar-refractivity contribution is -0.116. The van der Waals surface area contributed by atoms with Crippen molar-refractivity contribution in [3.05, 3.63) is 24.3 Å². The minimum Gasteiger partial charge on any atom is -0.399 e. The molecule has 0 spiro atoms. The smallest absolute Gasteiger partial charge is 0.224 e. The number of amides is 1. The van der Waals surface area contributed by atoms with Gasteiger partial charge in [0, 0.05) is 39.6 Å². The lowest BCUT2D eigenvalue weighted by Gasteiger charge is -2.20. The van der Waals surface area contributed by atoms with E-state index < -0.39 is 10.8 Å². The molecule has 0 radical (unpaired) electrons. The van der Waals surface area contributed by atoms with Crippen molar-refractivity contribution < 1.29 is 9.00 Å². The molecule has 0 heterocycles. The molecule has 1 amide bonds. The Balaban J connectivity index is 1.66. The van der Waals surface area contributed by atoms with Gasteiger partial charge >= 0.3 is 0 Å². The summed E-state index contributed by atoms with van der Waals surface area (Å²) in [4.78, 5) is 11.8. The van der Waals surface area contributed by atoms with Crippen molar-refractivity contribution in [1.82, 2.24) is 0 Å². The normalized spacial score (nSPS) is 17.3. The first-order valence-corrected chi connectivity index (χ1v) is 9.06. The summed E-state index contributed by atoms with van der Waals surface area (Å²) in [5.41, 5.74) is 7.02. The number of carbonyl (C=O) groups is 1. The number of anilines is 2. The standard InChI is InChI=1S/C16H24N2O2S/c17-13-8-10-14(11-9-13)18-16(19)7-4-12-21(20)15-5-2-1-3-6-15/h8-11,15H,1-7,12,17H2,(H,18,19). The summed E-state index contributed by atoms with van der Waals surface area (Å²) in [5, 5.41) is 3.19. The maximum absolute atomic E-state index is 12.1. The van der Waals surface area contributed by atoms with Gasteiger partial charge in [-0.15, -0.1) is 0 Å². The number of nitrogens with one attached hydrogen (secondary N) is 1. The SMILES string of the molecule is Nc1ccc(NC(=O)CCCS(=O)C2CCCCC2)cc1. The largest absolute Gasteiger partial charge is 0.399 e. The van der Waals surface area contributed by atoms with Gasteiger partial charge in [0.05, 0.1) is 0 Å². The lowest BCUT2D eigenvalue weighted by Crippen LogP contribution is -2.21. The second-order valence-corrected chi connectivity index (χ2v) is 7.46. The van der Waals surface area contributed by atoms with Gasteiger partial charge in [-0.25, -0.2) is 0 Å². The summed E-state index contributed by atoms with van der Waals surface area (Å²) in [7, 11) is -0.769. The molecule has 1 aliphatic rings. The van der Waals surface area contributed by atoms with E-state index in [2.05, 4.69) is 5.32 Å². The fourth-order valence-electron chi connectivity index (χ4n) is 2.66. The highest BCUT2D eigenvalue weighted by atomic mass is 32.2. The Hall–Kier alpha value is -1.36. The molecule has 1 saturated carbocycles. The Morgan fingerprint density at radius 2 is 1.86 bits per heavy atom. The second kappa shape index (κ2) is 8.17. The molecule has 1 fully saturated rings. The molecule has 4 nitrogen and oxygen atoms in total. The molecule has 0 aromatic heterocycles. The zero-order chi connectivity index (χ0) is 15.1. The van der Waals surface area contributed by atoms with Crippen LogP contribution >= 0.6 is 0 Å². The van der Waals surface area contributed by atoms with Crippen LogP contribution < -0.4 is 11.1 Å². The molecule has 1 aromatic carbocycles. The number of hydrogen-bond acceptors (Lipinski definition) is 3. The molecular weight excluding hydrogens is 284 g/mol. The zero-order valence-electron chi connectivity index (χ0n) is 12.3. The Morgan fingerprint density at radius 1 is 1.19 bits per heavy atom. The summed E-state index contributed by atoms with van der Waals surface area (Å²) in [6.07, 6.45) is 6.96. The van der Waals surface area contributed by atoms with E-state index in [1.54, 1.807) is 24.3 Å². The monoisotopic (exact) mass is 308 g/mol. The van der Waals surface area contributed by atoms with Crippen molar-refractivity contribution in [2.45, 2.75) is 50.2 Å². The molecule has 0 aliphatic heterocycles. The summed E-state index contributed by atoms with van der Waals surface area (Å²) in [6, 6.07) is 7.09. The fraction of sp³-hybridized carbons (Fsp3) is 0.562. The predicted octanol–water partition coefficient (Wildman–Crippen LogP) is 3.07. The molecule has 1 aromatic rings. The van der Waals surface area contributed by atoms with Crippen molar-refractivity contribution in [1.29, 1.82) is 0 Å². The van der Waals surface area contributed by atoms with Gasteiger partial charge < -0.3 is 11.1 Å². The minimum absolute atomic E-state index is 0.0274. The van der Waals surface area contributed by atoms with Crippen LogP contribution in [0.15, 0.2) is 24.3 Å². The summed E-state index contributed by atoms with van der Waals surface area (Å²) < 4.78 is 12.1. The molecule has 2 rings (SSSR count). The average molecular weight is 308 g/mol. The topological polar surface area (TPSA) is 72.2 Å². The average Bonchev–Trinajstić information content (AvgIpc) is 2.50. The highest BCUT2D eigenvalue weighted by Crippen LogP contribution is 2.22. The molecule has 1 unspecified atom stereocenters. The quantitative estimate of drug-likeness (QED) is 0.793. The Bertz CT molecular complexity index is 482. The van der Waals surface area contributed by atoms with Crippen molar-refractivity contribution >= 4 is 28.1 Å². The molecular formula is C16H24N2O2S. The van der Waals surface area contributed by atoms with Crippen molar-refractivity contribution in [2.75, 3.05) is 16.8 Å². The molecule has 21 heavy (non-hydrogen) atoms. The third kappa shape index (κ3) is 5.50. The third-order valence-electron chi connectivity index (χ3n) is 3.87. The Labute approximate surface area is 129 Å². The highest BCUT2D eigenvalue weighted by molar-refractivity contribution is 7.85. The second-order valence-electron chi connectivity index (χ2n) is 5.62. The molecule has 116 valence electrons. The molecule has 1 aliphatic carbocycles. The summed E-state index contributed by atoms with van der Waals surface area (Å²) in [6.45, 7) is 0. The van der Waals surface area contributed by atoms with Crippen LogP contribution in [-0.2, 0) is 15.6 Å². The van der Waals surface area contributed by atoms with Crippen molar-refractivity contribution in [3.63, 3.8) is 0 Å². The van der Waals surface area contributed by atoms with E-state index in [4.69, 9.17) is 5.73 Å². The van der Waals surface area contributed by atoms with E-state index in [9.17, 15) is 9.00 Å². The Morgan fingerprint density at radius 3 is 2.52 bits per heavy atom. The van der Waals surface area contributed by atoms with Crippen LogP contribution in [0.3, 0.4) is 0 Å². The molecule has 0 saturated heterocycles. The fourth-order valence-corrected chi connectivity index (χ4v) is 4.28. The van der Waals surface area contributed by atoms with Gasteiger partial charge in [-0.3, -0.25) is 9.00 Å². The Kier molecular flexibility index (Phi) is 6.23. The van der Waals surface area contributed by atoms with Gasteiger partial charge in [-0.2, -0.15) is 0 Å². The highest BCUT2D eigenvalue weighted by Gasteiger charge is 2.19. The van der Waals surface area contributed by atoms with E-state index in [1.165, 1.54) is 19.3 Å². The van der Waals surface area contributed by atoms with Crippen molar-refractivity contribution in [2.24, 2.45) is 0 Å². The number of rotatable bonds is 6. The molecule has 3 N–H and O–H groups in total. The van der Waals surface area contributed by atoms with Crippen LogP contribution in [0.25, 0.3) is 0 Å². The van der Waals surface area contributed by atoms with E-state index >= 15 is 0 Å². The maximum Gasteiger partial charge on any atom is 0.224 e. The van der Waals surface area contributed by atoms with Crippen LogP contribution in [0.1, 0.15) is 44.9 Å². The summed E-state index contributed by atoms with van der Waals surface area (Å²) in [5.74, 6) is 0.611. The summed E-state index contributed by atoms with van der Waals surface area (Å²) >= 11 is 0. The van der Waals surface area contributed by atoms with Crippen molar-refractivity contribution in [3.8, 4) is 0 Å². The third-order valence-corrected chi connectivity index (χ3v) is 5.77. The van der Waals surface area contributed by atoms with E-state index in [-0.39, 0.29) is 5.91 Å². The number of hydrogen-bond donors (Lipinski definition) is 2. The maximum atomic E-state index is 12.1. The van der Waals surface area contributed by atoms with E-state index in [0.717, 1.165) is 18.5 Å². The van der Waals surface area contributed by atoms with Crippen LogP contribution in [0.4, 0.5) is 11.4 Å². The van der Waals surface area contributed by atoms with Gasteiger partial charge in [0.2, 0.25) is 5.91 Å². The zero-order valence-corrected chi connectivity index (χ0v) is 13.2. The van der Waals surface area contributed by atoms with Gasteiger partial charge in [-0.1, -0.05) is 19.3 Å². The van der Waals surface area contributed by atoms with Gasteiger partial charge in [0.15, 0.2) is 0 Å². The first kappa shape index (κ1) is 16.0.